The summed E-state index contributed by atoms with van der Waals surface area (Å²) in [4.78, 5) is 4.30. The normalized spacial score (nSPS) is 13.9. The Balaban J connectivity index is 2.29. The van der Waals surface area contributed by atoms with Crippen molar-refractivity contribution in [1.29, 1.82) is 0 Å². The fraction of sp³-hybridized carbons (Fsp3) is 0.267. The minimum absolute atomic E-state index is 0.188. The van der Waals surface area contributed by atoms with Crippen LogP contribution in [0.3, 0.4) is 0 Å². The van der Waals surface area contributed by atoms with Crippen LogP contribution in [0.4, 0.5) is 0 Å². The Morgan fingerprint density at radius 1 is 1.26 bits per heavy atom. The Hall–Kier alpha value is -1.58. The molecule has 0 aliphatic carbocycles. The highest BCUT2D eigenvalue weighted by Gasteiger charge is 2.20. The van der Waals surface area contributed by atoms with E-state index in [2.05, 4.69) is 4.98 Å². The molecule has 2 atom stereocenters. The molecule has 1 aromatic heterocycles. The Morgan fingerprint density at radius 2 is 2.05 bits per heavy atom. The van der Waals surface area contributed by atoms with Crippen LogP contribution in [0.1, 0.15) is 24.3 Å². The third-order valence-corrected chi connectivity index (χ3v) is 3.11. The van der Waals surface area contributed by atoms with E-state index in [0.29, 0.717) is 10.8 Å². The van der Waals surface area contributed by atoms with E-state index in [1.165, 1.54) is 0 Å². The first-order chi connectivity index (χ1) is 9.08. The number of hydrogen-bond acceptors (Lipinski definition) is 3. The Labute approximate surface area is 118 Å². The van der Waals surface area contributed by atoms with Crippen molar-refractivity contribution in [3.63, 3.8) is 0 Å². The number of rotatable bonds is 4. The topological polar surface area (TPSA) is 48.1 Å². The number of pyridine rings is 1. The van der Waals surface area contributed by atoms with Crippen molar-refractivity contribution >= 4 is 11.6 Å². The molecule has 1 heterocycles. The van der Waals surface area contributed by atoms with Crippen LogP contribution in [-0.4, -0.2) is 11.0 Å². The molecule has 0 saturated carbocycles. The van der Waals surface area contributed by atoms with Crippen LogP contribution in [0.15, 0.2) is 42.6 Å². The van der Waals surface area contributed by atoms with Crippen LogP contribution in [0, 0.1) is 6.92 Å². The standard InChI is InChI=1S/C15H17ClN2O/c1-10-6-7-12(16)14(9-10)19-15(11(2)17)13-5-3-4-8-18-13/h3-9,11,15H,17H2,1-2H3. The van der Waals surface area contributed by atoms with Gasteiger partial charge in [-0.25, -0.2) is 0 Å². The van der Waals surface area contributed by atoms with Crippen molar-refractivity contribution in [1.82, 2.24) is 4.98 Å². The van der Waals surface area contributed by atoms with Gasteiger partial charge in [0, 0.05) is 12.2 Å². The van der Waals surface area contributed by atoms with Gasteiger partial charge in [-0.1, -0.05) is 23.7 Å². The summed E-state index contributed by atoms with van der Waals surface area (Å²) in [6.45, 7) is 3.88. The molecule has 19 heavy (non-hydrogen) atoms. The van der Waals surface area contributed by atoms with Gasteiger partial charge in [0.15, 0.2) is 6.10 Å². The number of benzene rings is 1. The van der Waals surface area contributed by atoms with Crippen molar-refractivity contribution in [3.05, 3.63) is 58.9 Å². The summed E-state index contributed by atoms with van der Waals surface area (Å²) in [5, 5.41) is 0.576. The highest BCUT2D eigenvalue weighted by molar-refractivity contribution is 6.32. The molecule has 2 aromatic rings. The molecular weight excluding hydrogens is 260 g/mol. The summed E-state index contributed by atoms with van der Waals surface area (Å²) >= 11 is 6.15. The van der Waals surface area contributed by atoms with Gasteiger partial charge in [-0.3, -0.25) is 4.98 Å². The highest BCUT2D eigenvalue weighted by atomic mass is 35.5. The molecule has 1 aromatic carbocycles. The quantitative estimate of drug-likeness (QED) is 0.930. The second kappa shape index (κ2) is 6.04. The number of halogens is 1. The van der Waals surface area contributed by atoms with Gasteiger partial charge in [0.2, 0.25) is 0 Å². The van der Waals surface area contributed by atoms with Crippen LogP contribution in [0.25, 0.3) is 0 Å². The number of nitrogens with zero attached hydrogens (tertiary/aromatic N) is 1. The lowest BCUT2D eigenvalue weighted by Gasteiger charge is -2.22. The van der Waals surface area contributed by atoms with E-state index in [-0.39, 0.29) is 12.1 Å². The highest BCUT2D eigenvalue weighted by Crippen LogP contribution is 2.30. The van der Waals surface area contributed by atoms with Crippen LogP contribution >= 0.6 is 11.6 Å². The fourth-order valence-corrected chi connectivity index (χ4v) is 1.98. The van der Waals surface area contributed by atoms with Gasteiger partial charge in [-0.15, -0.1) is 0 Å². The molecule has 2 N–H and O–H groups in total. The average Bonchev–Trinajstić information content (AvgIpc) is 2.40. The smallest absolute Gasteiger partial charge is 0.155 e. The summed E-state index contributed by atoms with van der Waals surface area (Å²) in [5.74, 6) is 0.634. The van der Waals surface area contributed by atoms with Crippen LogP contribution in [0.5, 0.6) is 5.75 Å². The van der Waals surface area contributed by atoms with E-state index in [1.807, 2.05) is 50.2 Å². The van der Waals surface area contributed by atoms with E-state index in [0.717, 1.165) is 11.3 Å². The second-order valence-electron chi connectivity index (χ2n) is 4.59. The average molecular weight is 277 g/mol. The SMILES string of the molecule is Cc1ccc(Cl)c(OC(c2ccccn2)C(C)N)c1. The fourth-order valence-electron chi connectivity index (χ4n) is 1.82. The molecule has 0 amide bonds. The first-order valence-electron chi connectivity index (χ1n) is 6.17. The molecule has 0 fully saturated rings. The number of aromatic nitrogens is 1. The van der Waals surface area contributed by atoms with E-state index in [4.69, 9.17) is 22.1 Å². The summed E-state index contributed by atoms with van der Waals surface area (Å²) in [5.41, 5.74) is 7.88. The van der Waals surface area contributed by atoms with E-state index in [9.17, 15) is 0 Å². The van der Waals surface area contributed by atoms with Crippen molar-refractivity contribution in [3.8, 4) is 5.75 Å². The largest absolute Gasteiger partial charge is 0.481 e. The molecule has 0 radical (unpaired) electrons. The lowest BCUT2D eigenvalue weighted by Crippen LogP contribution is -2.29. The molecule has 2 unspecified atom stereocenters. The van der Waals surface area contributed by atoms with Crippen molar-refractivity contribution in [2.75, 3.05) is 0 Å². The molecule has 100 valence electrons. The summed E-state index contributed by atoms with van der Waals surface area (Å²) < 4.78 is 5.95. The molecule has 0 aliphatic heterocycles. The molecule has 2 rings (SSSR count). The molecular formula is C15H17ClN2O. The van der Waals surface area contributed by atoms with Gasteiger partial charge in [0.05, 0.1) is 10.7 Å². The van der Waals surface area contributed by atoms with Gasteiger partial charge in [0.25, 0.3) is 0 Å². The maximum Gasteiger partial charge on any atom is 0.155 e. The molecule has 0 aliphatic rings. The Morgan fingerprint density at radius 3 is 2.68 bits per heavy atom. The Bertz CT molecular complexity index is 543. The Kier molecular flexibility index (Phi) is 4.40. The predicted molar refractivity (Wildman–Crippen MR) is 77.4 cm³/mol. The zero-order valence-corrected chi connectivity index (χ0v) is 11.8. The first kappa shape index (κ1) is 13.8. The predicted octanol–water partition coefficient (Wildman–Crippen LogP) is 3.51. The van der Waals surface area contributed by atoms with Gasteiger partial charge >= 0.3 is 0 Å². The molecule has 0 bridgehead atoms. The monoisotopic (exact) mass is 276 g/mol. The third-order valence-electron chi connectivity index (χ3n) is 2.80. The van der Waals surface area contributed by atoms with E-state index >= 15 is 0 Å². The van der Waals surface area contributed by atoms with E-state index < -0.39 is 0 Å². The molecule has 3 nitrogen and oxygen atoms in total. The lowest BCUT2D eigenvalue weighted by molar-refractivity contribution is 0.176. The number of aryl methyl sites for hydroxylation is 1. The van der Waals surface area contributed by atoms with Gasteiger partial charge < -0.3 is 10.5 Å². The molecule has 4 heteroatoms. The zero-order valence-electron chi connectivity index (χ0n) is 11.0. The van der Waals surface area contributed by atoms with Crippen molar-refractivity contribution in [2.45, 2.75) is 26.0 Å². The van der Waals surface area contributed by atoms with Crippen molar-refractivity contribution < 1.29 is 4.74 Å². The van der Waals surface area contributed by atoms with Crippen LogP contribution in [-0.2, 0) is 0 Å². The summed E-state index contributed by atoms with van der Waals surface area (Å²) in [6.07, 6.45) is 1.41. The van der Waals surface area contributed by atoms with Crippen LogP contribution in [0.2, 0.25) is 5.02 Å². The third kappa shape index (κ3) is 3.46. The maximum atomic E-state index is 6.15. The van der Waals surface area contributed by atoms with Gasteiger partial charge in [-0.2, -0.15) is 0 Å². The number of ether oxygens (including phenoxy) is 1. The molecule has 0 spiro atoms. The first-order valence-corrected chi connectivity index (χ1v) is 6.55. The van der Waals surface area contributed by atoms with Crippen LogP contribution < -0.4 is 10.5 Å². The van der Waals surface area contributed by atoms with E-state index in [1.54, 1.807) is 6.20 Å². The number of nitrogens with two attached hydrogens (primary N) is 1. The lowest BCUT2D eigenvalue weighted by atomic mass is 10.1. The van der Waals surface area contributed by atoms with Gasteiger partial charge in [-0.05, 0) is 43.7 Å². The van der Waals surface area contributed by atoms with Gasteiger partial charge in [0.1, 0.15) is 5.75 Å². The second-order valence-corrected chi connectivity index (χ2v) is 4.99. The minimum atomic E-state index is -0.319. The summed E-state index contributed by atoms with van der Waals surface area (Å²) in [7, 11) is 0. The number of hydrogen-bond donors (Lipinski definition) is 1. The maximum absolute atomic E-state index is 6.15. The minimum Gasteiger partial charge on any atom is -0.481 e. The summed E-state index contributed by atoms with van der Waals surface area (Å²) in [6, 6.07) is 11.2. The van der Waals surface area contributed by atoms with Crippen molar-refractivity contribution in [2.24, 2.45) is 5.73 Å². The zero-order chi connectivity index (χ0) is 13.8. The molecule has 0 saturated heterocycles.